The molecule has 2 aliphatic rings. The summed E-state index contributed by atoms with van der Waals surface area (Å²) in [5, 5.41) is 14.9. The molecular weight excluding hydrogens is 248 g/mol. The van der Waals surface area contributed by atoms with Crippen molar-refractivity contribution in [2.75, 3.05) is 19.6 Å². The van der Waals surface area contributed by atoms with E-state index in [1.807, 2.05) is 0 Å². The highest BCUT2D eigenvalue weighted by molar-refractivity contribution is 5.76. The molecule has 2 heterocycles. The Morgan fingerprint density at radius 3 is 2.58 bits per heavy atom. The summed E-state index contributed by atoms with van der Waals surface area (Å²) in [5.41, 5.74) is 0. The number of carboxylic acids is 1. The highest BCUT2D eigenvalue weighted by Crippen LogP contribution is 2.19. The molecule has 0 aromatic carbocycles. The van der Waals surface area contributed by atoms with Crippen molar-refractivity contribution < 1.29 is 19.4 Å². The van der Waals surface area contributed by atoms with E-state index in [4.69, 9.17) is 9.84 Å². The van der Waals surface area contributed by atoms with E-state index in [1.54, 1.807) is 0 Å². The number of amides is 1. The van der Waals surface area contributed by atoms with Gasteiger partial charge >= 0.3 is 5.97 Å². The number of hydrogen-bond acceptors (Lipinski definition) is 4. The van der Waals surface area contributed by atoms with Gasteiger partial charge in [0.15, 0.2) is 6.10 Å². The molecule has 2 atom stereocenters. The van der Waals surface area contributed by atoms with Gasteiger partial charge in [-0.2, -0.15) is 0 Å². The van der Waals surface area contributed by atoms with Crippen LogP contribution in [0.2, 0.25) is 0 Å². The van der Waals surface area contributed by atoms with Crippen LogP contribution >= 0.6 is 0 Å². The van der Waals surface area contributed by atoms with Gasteiger partial charge in [0.25, 0.3) is 0 Å². The molecule has 0 bridgehead atoms. The Labute approximate surface area is 112 Å². The van der Waals surface area contributed by atoms with E-state index in [0.717, 1.165) is 25.9 Å². The zero-order valence-electron chi connectivity index (χ0n) is 11.1. The second-order valence-electron chi connectivity index (χ2n) is 5.36. The van der Waals surface area contributed by atoms with Gasteiger partial charge in [0.1, 0.15) is 0 Å². The van der Waals surface area contributed by atoms with Crippen molar-refractivity contribution in [3.8, 4) is 0 Å². The van der Waals surface area contributed by atoms with E-state index in [1.165, 1.54) is 0 Å². The summed E-state index contributed by atoms with van der Waals surface area (Å²) >= 11 is 0. The second kappa shape index (κ2) is 6.86. The lowest BCUT2D eigenvalue weighted by molar-refractivity contribution is -0.149. The molecule has 108 valence electrons. The van der Waals surface area contributed by atoms with E-state index >= 15 is 0 Å². The number of carbonyl (C=O) groups excluding carboxylic acids is 1. The van der Waals surface area contributed by atoms with Gasteiger partial charge in [0.2, 0.25) is 5.91 Å². The summed E-state index contributed by atoms with van der Waals surface area (Å²) < 4.78 is 5.34. The quantitative estimate of drug-likeness (QED) is 0.660. The van der Waals surface area contributed by atoms with E-state index in [0.29, 0.717) is 31.7 Å². The summed E-state index contributed by atoms with van der Waals surface area (Å²) in [7, 11) is 0. The monoisotopic (exact) mass is 270 g/mol. The third-order valence-electron chi connectivity index (χ3n) is 3.84. The number of carbonyl (C=O) groups is 2. The first kappa shape index (κ1) is 14.3. The summed E-state index contributed by atoms with van der Waals surface area (Å²) in [6.45, 7) is 2.40. The number of piperidine rings is 1. The summed E-state index contributed by atoms with van der Waals surface area (Å²) in [4.78, 5) is 22.5. The van der Waals surface area contributed by atoms with Crippen LogP contribution in [0.5, 0.6) is 0 Å². The lowest BCUT2D eigenvalue weighted by Gasteiger charge is -2.22. The molecule has 2 aliphatic heterocycles. The lowest BCUT2D eigenvalue weighted by Crippen LogP contribution is -2.36. The van der Waals surface area contributed by atoms with Crippen molar-refractivity contribution >= 4 is 11.9 Å². The average Bonchev–Trinajstić information content (AvgIpc) is 2.86. The standard InChI is InChI=1S/C13H22N2O4/c16-12(7-9-3-5-14-6-4-9)15-8-10-1-2-11(19-10)13(17)18/h9-11,14H,1-8H2,(H,15,16)(H,17,18). The fraction of sp³-hybridized carbons (Fsp3) is 0.846. The summed E-state index contributed by atoms with van der Waals surface area (Å²) in [6, 6.07) is 0. The Morgan fingerprint density at radius 1 is 1.21 bits per heavy atom. The maximum Gasteiger partial charge on any atom is 0.332 e. The Balaban J connectivity index is 1.62. The van der Waals surface area contributed by atoms with Gasteiger partial charge in [0.05, 0.1) is 6.10 Å². The average molecular weight is 270 g/mol. The van der Waals surface area contributed by atoms with Crippen LogP contribution in [0, 0.1) is 5.92 Å². The molecule has 2 saturated heterocycles. The van der Waals surface area contributed by atoms with Gasteiger partial charge in [0, 0.05) is 13.0 Å². The Bertz CT molecular complexity index is 329. The molecule has 0 aliphatic carbocycles. The first-order valence-corrected chi connectivity index (χ1v) is 7.01. The normalized spacial score (nSPS) is 28.2. The van der Waals surface area contributed by atoms with Crippen LogP contribution in [0.25, 0.3) is 0 Å². The molecule has 0 aromatic heterocycles. The van der Waals surface area contributed by atoms with Gasteiger partial charge in [-0.1, -0.05) is 0 Å². The summed E-state index contributed by atoms with van der Waals surface area (Å²) in [5.74, 6) is -0.393. The molecule has 6 heteroatoms. The SMILES string of the molecule is O=C(CC1CCNCC1)NCC1CCC(C(=O)O)O1. The fourth-order valence-electron chi connectivity index (χ4n) is 2.69. The highest BCUT2D eigenvalue weighted by Gasteiger charge is 2.30. The molecule has 2 unspecified atom stereocenters. The molecule has 0 spiro atoms. The molecule has 6 nitrogen and oxygen atoms in total. The van der Waals surface area contributed by atoms with E-state index in [-0.39, 0.29) is 12.0 Å². The minimum atomic E-state index is -0.913. The smallest absolute Gasteiger partial charge is 0.332 e. The maximum absolute atomic E-state index is 11.8. The van der Waals surface area contributed by atoms with Gasteiger partial charge in [-0.25, -0.2) is 4.79 Å². The second-order valence-corrected chi connectivity index (χ2v) is 5.36. The largest absolute Gasteiger partial charge is 0.479 e. The Morgan fingerprint density at radius 2 is 1.95 bits per heavy atom. The molecule has 0 aromatic rings. The van der Waals surface area contributed by atoms with Crippen LogP contribution in [0.1, 0.15) is 32.1 Å². The number of hydrogen-bond donors (Lipinski definition) is 3. The van der Waals surface area contributed by atoms with E-state index < -0.39 is 12.1 Å². The number of aliphatic carboxylic acids is 1. The minimum Gasteiger partial charge on any atom is -0.479 e. The topological polar surface area (TPSA) is 87.7 Å². The molecule has 0 saturated carbocycles. The van der Waals surface area contributed by atoms with Crippen LogP contribution in [0.4, 0.5) is 0 Å². The zero-order valence-corrected chi connectivity index (χ0v) is 11.1. The molecule has 2 fully saturated rings. The summed E-state index contributed by atoms with van der Waals surface area (Å²) in [6.07, 6.45) is 3.04. The van der Waals surface area contributed by atoms with Crippen molar-refractivity contribution in [3.05, 3.63) is 0 Å². The van der Waals surface area contributed by atoms with Crippen LogP contribution in [-0.2, 0) is 14.3 Å². The van der Waals surface area contributed by atoms with Gasteiger partial charge in [-0.05, 0) is 44.7 Å². The van der Waals surface area contributed by atoms with Crippen LogP contribution in [-0.4, -0.2) is 48.8 Å². The number of rotatable bonds is 5. The third-order valence-corrected chi connectivity index (χ3v) is 3.84. The predicted octanol–water partition coefficient (Wildman–Crippen LogP) is 0.125. The number of ether oxygens (including phenoxy) is 1. The van der Waals surface area contributed by atoms with Gasteiger partial charge < -0.3 is 20.5 Å². The highest BCUT2D eigenvalue weighted by atomic mass is 16.5. The van der Waals surface area contributed by atoms with Crippen LogP contribution < -0.4 is 10.6 Å². The molecular formula is C13H22N2O4. The van der Waals surface area contributed by atoms with E-state index in [2.05, 4.69) is 10.6 Å². The number of nitrogens with one attached hydrogen (secondary N) is 2. The van der Waals surface area contributed by atoms with Crippen molar-refractivity contribution in [2.45, 2.75) is 44.3 Å². The molecule has 19 heavy (non-hydrogen) atoms. The van der Waals surface area contributed by atoms with E-state index in [9.17, 15) is 9.59 Å². The van der Waals surface area contributed by atoms with Crippen LogP contribution in [0.3, 0.4) is 0 Å². The number of carboxylic acid groups (broad SMARTS) is 1. The van der Waals surface area contributed by atoms with Gasteiger partial charge in [-0.3, -0.25) is 4.79 Å². The molecule has 1 amide bonds. The van der Waals surface area contributed by atoms with Crippen molar-refractivity contribution in [2.24, 2.45) is 5.92 Å². The first-order chi connectivity index (χ1) is 9.15. The lowest BCUT2D eigenvalue weighted by atomic mass is 9.94. The molecule has 0 radical (unpaired) electrons. The predicted molar refractivity (Wildman–Crippen MR) is 68.8 cm³/mol. The van der Waals surface area contributed by atoms with Crippen molar-refractivity contribution in [1.29, 1.82) is 0 Å². The van der Waals surface area contributed by atoms with Crippen molar-refractivity contribution in [1.82, 2.24) is 10.6 Å². The zero-order chi connectivity index (χ0) is 13.7. The Kier molecular flexibility index (Phi) is 5.15. The first-order valence-electron chi connectivity index (χ1n) is 7.01. The Hall–Kier alpha value is -1.14. The molecule has 3 N–H and O–H groups in total. The van der Waals surface area contributed by atoms with Crippen LogP contribution in [0.15, 0.2) is 0 Å². The fourth-order valence-corrected chi connectivity index (χ4v) is 2.69. The minimum absolute atomic E-state index is 0.0503. The van der Waals surface area contributed by atoms with Gasteiger partial charge in [-0.15, -0.1) is 0 Å². The molecule has 2 rings (SSSR count). The van der Waals surface area contributed by atoms with Crippen molar-refractivity contribution in [3.63, 3.8) is 0 Å². The maximum atomic E-state index is 11.8. The third kappa shape index (κ3) is 4.47.